The summed E-state index contributed by atoms with van der Waals surface area (Å²) in [5.74, 6) is -0.0996. The molecule has 0 aromatic rings. The van der Waals surface area contributed by atoms with Gasteiger partial charge in [-0.15, -0.1) is 0 Å². The van der Waals surface area contributed by atoms with Gasteiger partial charge in [-0.3, -0.25) is 0 Å². The maximum atomic E-state index is 7.68. The normalized spacial score (nSPS) is 66.1. The second kappa shape index (κ2) is 3.89. The molecular formula is C8H17N. The average Bonchev–Trinajstić information content (AvgIpc) is 2.30. The van der Waals surface area contributed by atoms with E-state index in [1.165, 1.54) is 0 Å². The first kappa shape index (κ1) is 3.38. The molecule has 0 radical (unpaired) electrons. The van der Waals surface area contributed by atoms with Crippen LogP contribution >= 0.6 is 0 Å². The lowest BCUT2D eigenvalue weighted by molar-refractivity contribution is 0.491. The first-order valence-corrected chi connectivity index (χ1v) is 3.43. The summed E-state index contributed by atoms with van der Waals surface area (Å²) in [4.78, 5) is 0. The number of hydrogen-bond acceptors (Lipinski definition) is 1. The Morgan fingerprint density at radius 2 is 2.22 bits per heavy atom. The van der Waals surface area contributed by atoms with Crippen molar-refractivity contribution < 1.29 is 5.48 Å². The van der Waals surface area contributed by atoms with E-state index in [-0.39, 0.29) is 5.92 Å². The molecule has 1 aliphatic carbocycles. The number of hydrogen-bond donors (Lipinski definition) is 1. The standard InChI is InChI=1S/C8H17N/c1-9-7-6-8-4-2-3-5-8/h8-9H,2-7H2,1H3/i2D,3D,4D,5D. The molecule has 4 atom stereocenters. The summed E-state index contributed by atoms with van der Waals surface area (Å²) in [6, 6.07) is 0. The summed E-state index contributed by atoms with van der Waals surface area (Å²) < 4.78 is 30.4. The fraction of sp³-hybridized carbons (Fsp3) is 1.00. The molecule has 1 heteroatoms. The minimum absolute atomic E-state index is 0.0996. The topological polar surface area (TPSA) is 12.0 Å². The Balaban J connectivity index is 2.53. The first-order valence-electron chi connectivity index (χ1n) is 5.74. The second-order valence-corrected chi connectivity index (χ2v) is 2.33. The molecule has 1 saturated carbocycles. The van der Waals surface area contributed by atoms with Crippen molar-refractivity contribution in [3.63, 3.8) is 0 Å². The van der Waals surface area contributed by atoms with Crippen molar-refractivity contribution in [1.82, 2.24) is 5.32 Å². The van der Waals surface area contributed by atoms with Gasteiger partial charge in [-0.1, -0.05) is 25.6 Å². The Labute approximate surface area is 63.5 Å². The van der Waals surface area contributed by atoms with Crippen LogP contribution in [-0.2, 0) is 0 Å². The van der Waals surface area contributed by atoms with Gasteiger partial charge < -0.3 is 5.32 Å². The van der Waals surface area contributed by atoms with E-state index in [0.717, 1.165) is 13.0 Å². The molecule has 0 aromatic heterocycles. The molecule has 1 N–H and O–H groups in total. The maximum absolute atomic E-state index is 7.68. The zero-order valence-electron chi connectivity index (χ0n) is 9.80. The van der Waals surface area contributed by atoms with E-state index in [1.54, 1.807) is 0 Å². The second-order valence-electron chi connectivity index (χ2n) is 2.33. The summed E-state index contributed by atoms with van der Waals surface area (Å²) in [6.07, 6.45) is -1.73. The Kier molecular flexibility index (Phi) is 1.46. The molecular weight excluding hydrogens is 110 g/mol. The van der Waals surface area contributed by atoms with Gasteiger partial charge in [0.05, 0.1) is 0 Å². The quantitative estimate of drug-likeness (QED) is 0.615. The van der Waals surface area contributed by atoms with Gasteiger partial charge >= 0.3 is 0 Å². The van der Waals surface area contributed by atoms with E-state index in [0.29, 0.717) is 0 Å². The molecule has 54 valence electrons. The Morgan fingerprint density at radius 1 is 1.56 bits per heavy atom. The molecule has 0 aliphatic heterocycles. The fourth-order valence-corrected chi connectivity index (χ4v) is 0.981. The van der Waals surface area contributed by atoms with Crippen molar-refractivity contribution in [2.75, 3.05) is 13.6 Å². The highest BCUT2D eigenvalue weighted by molar-refractivity contribution is 4.67. The molecule has 1 fully saturated rings. The Hall–Kier alpha value is -0.0400. The summed E-state index contributed by atoms with van der Waals surface area (Å²) in [6.45, 7) is 0.773. The molecule has 1 rings (SSSR count). The monoisotopic (exact) mass is 131 g/mol. The van der Waals surface area contributed by atoms with Crippen LogP contribution in [0.5, 0.6) is 0 Å². The van der Waals surface area contributed by atoms with Gasteiger partial charge in [0.15, 0.2) is 0 Å². The fourth-order valence-electron chi connectivity index (χ4n) is 0.981. The zero-order valence-corrected chi connectivity index (χ0v) is 5.80. The zero-order chi connectivity index (χ0) is 10.0. The minimum atomic E-state index is -0.690. The lowest BCUT2D eigenvalue weighted by Gasteiger charge is -2.06. The van der Waals surface area contributed by atoms with Crippen LogP contribution in [0.3, 0.4) is 0 Å². The van der Waals surface area contributed by atoms with Crippen LogP contribution in [0, 0.1) is 5.92 Å². The van der Waals surface area contributed by atoms with Gasteiger partial charge in [-0.25, -0.2) is 0 Å². The highest BCUT2D eigenvalue weighted by Gasteiger charge is 2.13. The maximum Gasteiger partial charge on any atom is 0.0269 e. The highest BCUT2D eigenvalue weighted by Crippen LogP contribution is 2.26. The van der Waals surface area contributed by atoms with Crippen LogP contribution in [-0.4, -0.2) is 13.6 Å². The van der Waals surface area contributed by atoms with E-state index < -0.39 is 25.6 Å². The SMILES string of the molecule is [2H]C1C([2H])C([2H])C(CCNC)C1[2H]. The van der Waals surface area contributed by atoms with Crippen LogP contribution < -0.4 is 5.32 Å². The van der Waals surface area contributed by atoms with E-state index >= 15 is 0 Å². The molecule has 1 nitrogen and oxygen atoms in total. The summed E-state index contributed by atoms with van der Waals surface area (Å²) in [5.41, 5.74) is 0. The highest BCUT2D eigenvalue weighted by atomic mass is 14.8. The van der Waals surface area contributed by atoms with Crippen LogP contribution in [0.1, 0.15) is 37.5 Å². The van der Waals surface area contributed by atoms with Crippen molar-refractivity contribution in [3.8, 4) is 0 Å². The summed E-state index contributed by atoms with van der Waals surface area (Å²) in [7, 11) is 1.84. The van der Waals surface area contributed by atoms with Crippen LogP contribution in [0.4, 0.5) is 0 Å². The van der Waals surface area contributed by atoms with Crippen LogP contribution in [0.25, 0.3) is 0 Å². The minimum Gasteiger partial charge on any atom is -0.320 e. The molecule has 9 heavy (non-hydrogen) atoms. The molecule has 0 aromatic carbocycles. The molecule has 0 heterocycles. The lowest BCUT2D eigenvalue weighted by atomic mass is 10.0. The third-order valence-corrected chi connectivity index (χ3v) is 1.56. The smallest absolute Gasteiger partial charge is 0.0269 e. The van der Waals surface area contributed by atoms with Crippen molar-refractivity contribution in [2.45, 2.75) is 32.0 Å². The third kappa shape index (κ3) is 2.35. The molecule has 4 unspecified atom stereocenters. The van der Waals surface area contributed by atoms with Gasteiger partial charge in [-0.05, 0) is 25.9 Å². The number of rotatable bonds is 3. The van der Waals surface area contributed by atoms with E-state index in [2.05, 4.69) is 5.32 Å². The predicted octanol–water partition coefficient (Wildman–Crippen LogP) is 1.79. The van der Waals surface area contributed by atoms with E-state index in [9.17, 15) is 0 Å². The summed E-state index contributed by atoms with van der Waals surface area (Å²) in [5, 5.41) is 2.98. The van der Waals surface area contributed by atoms with Crippen molar-refractivity contribution in [1.29, 1.82) is 0 Å². The largest absolute Gasteiger partial charge is 0.320 e. The van der Waals surface area contributed by atoms with E-state index in [4.69, 9.17) is 5.48 Å². The van der Waals surface area contributed by atoms with Crippen LogP contribution in [0.15, 0.2) is 0 Å². The third-order valence-electron chi connectivity index (χ3n) is 1.56. The van der Waals surface area contributed by atoms with Crippen molar-refractivity contribution >= 4 is 0 Å². The Morgan fingerprint density at radius 3 is 2.78 bits per heavy atom. The lowest BCUT2D eigenvalue weighted by Crippen LogP contribution is -2.11. The molecule has 0 amide bonds. The molecule has 1 aliphatic rings. The Bertz CT molecular complexity index is 152. The predicted molar refractivity (Wildman–Crippen MR) is 40.5 cm³/mol. The van der Waals surface area contributed by atoms with Crippen LogP contribution in [0.2, 0.25) is 0 Å². The van der Waals surface area contributed by atoms with Crippen molar-refractivity contribution in [2.24, 2.45) is 5.92 Å². The van der Waals surface area contributed by atoms with E-state index in [1.807, 2.05) is 7.05 Å². The van der Waals surface area contributed by atoms with Crippen molar-refractivity contribution in [3.05, 3.63) is 0 Å². The molecule has 0 bridgehead atoms. The van der Waals surface area contributed by atoms with Gasteiger partial charge in [0.25, 0.3) is 0 Å². The van der Waals surface area contributed by atoms with Gasteiger partial charge in [0, 0.05) is 5.48 Å². The summed E-state index contributed by atoms with van der Waals surface area (Å²) >= 11 is 0. The average molecular weight is 131 g/mol. The van der Waals surface area contributed by atoms with Gasteiger partial charge in [0.1, 0.15) is 0 Å². The molecule has 0 saturated heterocycles. The first-order chi connectivity index (χ1) is 6.09. The van der Waals surface area contributed by atoms with Gasteiger partial charge in [0.2, 0.25) is 0 Å². The van der Waals surface area contributed by atoms with Gasteiger partial charge in [-0.2, -0.15) is 0 Å². The molecule has 0 spiro atoms. The number of nitrogens with one attached hydrogen (secondary N) is 1.